The zero-order chi connectivity index (χ0) is 15.1. The van der Waals surface area contributed by atoms with Crippen molar-refractivity contribution in [2.45, 2.75) is 6.42 Å². The summed E-state index contributed by atoms with van der Waals surface area (Å²) < 4.78 is 0. The van der Waals surface area contributed by atoms with E-state index >= 15 is 0 Å². The molecule has 0 radical (unpaired) electrons. The number of carbonyl (C=O) groups excluding carboxylic acids is 1. The maximum Gasteiger partial charge on any atom is 0.339 e. The van der Waals surface area contributed by atoms with Gasteiger partial charge in [0, 0.05) is 13.6 Å². The second-order valence-corrected chi connectivity index (χ2v) is 4.32. The highest BCUT2D eigenvalue weighted by Gasteiger charge is 2.16. The number of nitrogens with zero attached hydrogens (tertiary/aromatic N) is 1. The number of phenols is 1. The Kier molecular flexibility index (Phi) is 5.79. The van der Waals surface area contributed by atoms with Gasteiger partial charge in [-0.3, -0.25) is 0 Å². The van der Waals surface area contributed by atoms with Crippen LogP contribution in [0.25, 0.3) is 0 Å². The fraction of sp³-hybridized carbons (Fsp3) is 0.385. The minimum Gasteiger partial charge on any atom is -0.505 e. The fourth-order valence-electron chi connectivity index (χ4n) is 1.62. The van der Waals surface area contributed by atoms with Crippen molar-refractivity contribution in [1.29, 1.82) is 0 Å². The number of aromatic hydroxyl groups is 1. The lowest BCUT2D eigenvalue weighted by Gasteiger charge is -2.18. The second kappa shape index (κ2) is 7.34. The third kappa shape index (κ3) is 4.13. The molecule has 4 N–H and O–H groups in total. The van der Waals surface area contributed by atoms with Crippen LogP contribution in [0.1, 0.15) is 16.8 Å². The maximum atomic E-state index is 11.9. The van der Waals surface area contributed by atoms with Crippen LogP contribution in [0.4, 0.5) is 10.5 Å². The first-order valence-corrected chi connectivity index (χ1v) is 6.19. The standard InChI is InChI=1S/C13H19N3O4/c1-14-7-4-8-16(2)13(20)15-10-6-3-5-9(11(10)17)12(18)19/h3,5-6,14,17H,4,7-8H2,1-2H3,(H,15,20)(H,18,19). The quantitative estimate of drug-likeness (QED) is 0.463. The van der Waals surface area contributed by atoms with Crippen LogP contribution in [0.3, 0.4) is 0 Å². The minimum atomic E-state index is -1.25. The average molecular weight is 281 g/mol. The van der Waals surface area contributed by atoms with Crippen LogP contribution < -0.4 is 10.6 Å². The van der Waals surface area contributed by atoms with Gasteiger partial charge in [0.1, 0.15) is 5.56 Å². The van der Waals surface area contributed by atoms with Crippen LogP contribution in [0.5, 0.6) is 5.75 Å². The molecule has 1 aromatic rings. The molecule has 1 rings (SSSR count). The molecule has 0 heterocycles. The van der Waals surface area contributed by atoms with Gasteiger partial charge in [-0.2, -0.15) is 0 Å². The molecule has 0 saturated heterocycles. The zero-order valence-corrected chi connectivity index (χ0v) is 11.5. The highest BCUT2D eigenvalue weighted by atomic mass is 16.4. The summed E-state index contributed by atoms with van der Waals surface area (Å²) in [4.78, 5) is 24.2. The number of hydrogen-bond donors (Lipinski definition) is 4. The number of benzene rings is 1. The summed E-state index contributed by atoms with van der Waals surface area (Å²) in [7, 11) is 3.46. The Morgan fingerprint density at radius 2 is 2.05 bits per heavy atom. The van der Waals surface area contributed by atoms with Gasteiger partial charge in [0.2, 0.25) is 0 Å². The first-order chi connectivity index (χ1) is 9.47. The molecule has 2 amide bonds. The monoisotopic (exact) mass is 281 g/mol. The number of nitrogens with one attached hydrogen (secondary N) is 2. The smallest absolute Gasteiger partial charge is 0.339 e. The van der Waals surface area contributed by atoms with Crippen LogP contribution in [0.15, 0.2) is 18.2 Å². The van der Waals surface area contributed by atoms with Crippen molar-refractivity contribution < 1.29 is 19.8 Å². The third-order valence-corrected chi connectivity index (χ3v) is 2.78. The lowest BCUT2D eigenvalue weighted by Crippen LogP contribution is -2.33. The van der Waals surface area contributed by atoms with Gasteiger partial charge in [-0.1, -0.05) is 6.07 Å². The predicted octanol–water partition coefficient (Wildman–Crippen LogP) is 1.16. The Labute approximate surface area is 117 Å². The summed E-state index contributed by atoms with van der Waals surface area (Å²) in [5.74, 6) is -1.70. The Morgan fingerprint density at radius 3 is 2.65 bits per heavy atom. The van der Waals surface area contributed by atoms with Gasteiger partial charge < -0.3 is 25.7 Å². The number of para-hydroxylation sites is 1. The second-order valence-electron chi connectivity index (χ2n) is 4.32. The van der Waals surface area contributed by atoms with Crippen LogP contribution in [-0.4, -0.2) is 54.3 Å². The predicted molar refractivity (Wildman–Crippen MR) is 75.3 cm³/mol. The first kappa shape index (κ1) is 15.8. The number of amides is 2. The number of rotatable bonds is 6. The summed E-state index contributed by atoms with van der Waals surface area (Å²) in [6, 6.07) is 3.77. The van der Waals surface area contributed by atoms with Gasteiger partial charge in [-0.05, 0) is 32.1 Å². The number of carboxylic acid groups (broad SMARTS) is 1. The van der Waals surface area contributed by atoms with Gasteiger partial charge in [-0.15, -0.1) is 0 Å². The Hall–Kier alpha value is -2.28. The SMILES string of the molecule is CNCCCN(C)C(=O)Nc1cccc(C(=O)O)c1O. The van der Waals surface area contributed by atoms with Crippen molar-refractivity contribution in [3.05, 3.63) is 23.8 Å². The van der Waals surface area contributed by atoms with Crippen LogP contribution in [0, 0.1) is 0 Å². The topological polar surface area (TPSA) is 102 Å². The Morgan fingerprint density at radius 1 is 1.35 bits per heavy atom. The highest BCUT2D eigenvalue weighted by Crippen LogP contribution is 2.27. The molecule has 0 bridgehead atoms. The number of aromatic carboxylic acids is 1. The normalized spacial score (nSPS) is 10.1. The highest BCUT2D eigenvalue weighted by molar-refractivity contribution is 5.97. The van der Waals surface area contributed by atoms with Crippen molar-refractivity contribution in [3.63, 3.8) is 0 Å². The maximum absolute atomic E-state index is 11.9. The van der Waals surface area contributed by atoms with E-state index in [0.29, 0.717) is 6.54 Å². The van der Waals surface area contributed by atoms with E-state index in [1.54, 1.807) is 7.05 Å². The Balaban J connectivity index is 2.71. The average Bonchev–Trinajstić information content (AvgIpc) is 2.40. The molecule has 0 unspecified atom stereocenters. The Bertz CT molecular complexity index is 491. The first-order valence-electron chi connectivity index (χ1n) is 6.19. The lowest BCUT2D eigenvalue weighted by molar-refractivity contribution is 0.0693. The van der Waals surface area contributed by atoms with Crippen molar-refractivity contribution >= 4 is 17.7 Å². The van der Waals surface area contributed by atoms with E-state index in [4.69, 9.17) is 5.11 Å². The molecule has 110 valence electrons. The molecule has 0 aliphatic rings. The fourth-order valence-corrected chi connectivity index (χ4v) is 1.62. The van der Waals surface area contributed by atoms with E-state index in [1.165, 1.54) is 23.1 Å². The molecule has 0 aliphatic heterocycles. The van der Waals surface area contributed by atoms with Gasteiger partial charge in [0.05, 0.1) is 5.69 Å². The van der Waals surface area contributed by atoms with Gasteiger partial charge in [0.25, 0.3) is 0 Å². The van der Waals surface area contributed by atoms with Crippen molar-refractivity contribution in [2.24, 2.45) is 0 Å². The van der Waals surface area contributed by atoms with E-state index in [1.807, 2.05) is 7.05 Å². The van der Waals surface area contributed by atoms with Gasteiger partial charge >= 0.3 is 12.0 Å². The van der Waals surface area contributed by atoms with E-state index < -0.39 is 17.7 Å². The molecule has 7 heteroatoms. The summed E-state index contributed by atoms with van der Waals surface area (Å²) in [5.41, 5.74) is -0.170. The van der Waals surface area contributed by atoms with Gasteiger partial charge in [-0.25, -0.2) is 9.59 Å². The minimum absolute atomic E-state index is 0.0790. The largest absolute Gasteiger partial charge is 0.505 e. The molecule has 7 nitrogen and oxygen atoms in total. The van der Waals surface area contributed by atoms with Crippen molar-refractivity contribution in [3.8, 4) is 5.75 Å². The zero-order valence-electron chi connectivity index (χ0n) is 11.5. The molecule has 1 aromatic carbocycles. The molecule has 0 fully saturated rings. The van der Waals surface area contributed by atoms with E-state index in [2.05, 4.69) is 10.6 Å². The number of carbonyl (C=O) groups is 2. The molecule has 20 heavy (non-hydrogen) atoms. The molecule has 0 saturated carbocycles. The van der Waals surface area contributed by atoms with Crippen LogP contribution >= 0.6 is 0 Å². The summed E-state index contributed by atoms with van der Waals surface area (Å²) in [5, 5.41) is 24.1. The molecule has 0 aromatic heterocycles. The molecule has 0 aliphatic carbocycles. The molecule has 0 atom stereocenters. The molecule has 0 spiro atoms. The van der Waals surface area contributed by atoms with Gasteiger partial charge in [0.15, 0.2) is 5.75 Å². The van der Waals surface area contributed by atoms with E-state index in [-0.39, 0.29) is 11.3 Å². The summed E-state index contributed by atoms with van der Waals surface area (Å²) in [6.07, 6.45) is 0.793. The van der Waals surface area contributed by atoms with Crippen LogP contribution in [0.2, 0.25) is 0 Å². The molecular formula is C13H19N3O4. The number of carboxylic acids is 1. The van der Waals surface area contributed by atoms with E-state index in [0.717, 1.165) is 13.0 Å². The molecular weight excluding hydrogens is 262 g/mol. The summed E-state index contributed by atoms with van der Waals surface area (Å²) in [6.45, 7) is 1.34. The van der Waals surface area contributed by atoms with Crippen LogP contribution in [-0.2, 0) is 0 Å². The van der Waals surface area contributed by atoms with Crippen molar-refractivity contribution in [1.82, 2.24) is 10.2 Å². The lowest BCUT2D eigenvalue weighted by atomic mass is 10.1. The number of urea groups is 1. The third-order valence-electron chi connectivity index (χ3n) is 2.78. The van der Waals surface area contributed by atoms with Crippen molar-refractivity contribution in [2.75, 3.05) is 32.5 Å². The summed E-state index contributed by atoms with van der Waals surface area (Å²) >= 11 is 0. The number of anilines is 1. The van der Waals surface area contributed by atoms with E-state index in [9.17, 15) is 14.7 Å². The number of hydrogen-bond acceptors (Lipinski definition) is 4.